The van der Waals surface area contributed by atoms with Gasteiger partial charge in [0.2, 0.25) is 5.91 Å². The first-order chi connectivity index (χ1) is 13.0. The van der Waals surface area contributed by atoms with Gasteiger partial charge in [-0.3, -0.25) is 9.52 Å². The number of carbonyl (C=O) groups is 1. The number of aryl methyl sites for hydroxylation is 1. The van der Waals surface area contributed by atoms with Crippen LogP contribution in [0.1, 0.15) is 31.9 Å². The molecule has 150 valence electrons. The molecule has 0 atom stereocenters. The SMILES string of the molecule is COc1ccc(S(=O)(=O)Nc2ccc3c(c2)N(C(=O)C(C)(C)C)CC3)cc1C. The molecule has 0 saturated heterocycles. The van der Waals surface area contributed by atoms with E-state index in [4.69, 9.17) is 4.74 Å². The first kappa shape index (κ1) is 20.2. The molecule has 0 bridgehead atoms. The maximum Gasteiger partial charge on any atom is 0.261 e. The Morgan fingerprint density at radius 2 is 1.86 bits per heavy atom. The van der Waals surface area contributed by atoms with Gasteiger partial charge in [-0.05, 0) is 54.8 Å². The van der Waals surface area contributed by atoms with Gasteiger partial charge < -0.3 is 9.64 Å². The van der Waals surface area contributed by atoms with Crippen molar-refractivity contribution in [2.24, 2.45) is 5.41 Å². The molecule has 1 aliphatic heterocycles. The highest BCUT2D eigenvalue weighted by Gasteiger charge is 2.32. The van der Waals surface area contributed by atoms with Crippen LogP contribution in [0.5, 0.6) is 5.75 Å². The molecule has 0 spiro atoms. The van der Waals surface area contributed by atoms with Gasteiger partial charge in [0.1, 0.15) is 5.75 Å². The summed E-state index contributed by atoms with van der Waals surface area (Å²) in [5, 5.41) is 0. The first-order valence-electron chi connectivity index (χ1n) is 9.15. The molecule has 2 aromatic rings. The molecule has 1 amide bonds. The van der Waals surface area contributed by atoms with Crippen LogP contribution in [-0.4, -0.2) is 28.0 Å². The Hall–Kier alpha value is -2.54. The minimum Gasteiger partial charge on any atom is -0.496 e. The summed E-state index contributed by atoms with van der Waals surface area (Å²) >= 11 is 0. The third-order valence-corrected chi connectivity index (χ3v) is 6.18. The molecule has 0 fully saturated rings. The largest absolute Gasteiger partial charge is 0.496 e. The van der Waals surface area contributed by atoms with E-state index >= 15 is 0 Å². The fourth-order valence-corrected chi connectivity index (χ4v) is 4.42. The zero-order chi connectivity index (χ0) is 20.7. The van der Waals surface area contributed by atoms with Gasteiger partial charge in [0.15, 0.2) is 0 Å². The lowest BCUT2D eigenvalue weighted by molar-refractivity contribution is -0.125. The summed E-state index contributed by atoms with van der Waals surface area (Å²) in [6.07, 6.45) is 0.766. The summed E-state index contributed by atoms with van der Waals surface area (Å²) in [5.74, 6) is 0.657. The Labute approximate surface area is 166 Å². The lowest BCUT2D eigenvalue weighted by Crippen LogP contribution is -2.38. The Morgan fingerprint density at radius 1 is 1.14 bits per heavy atom. The van der Waals surface area contributed by atoms with E-state index in [2.05, 4.69) is 4.72 Å². The molecule has 0 radical (unpaired) electrons. The number of fused-ring (bicyclic) bond motifs is 1. The van der Waals surface area contributed by atoms with Crippen molar-refractivity contribution in [3.05, 3.63) is 47.5 Å². The number of hydrogen-bond acceptors (Lipinski definition) is 4. The average molecular weight is 403 g/mol. The molecule has 1 aliphatic rings. The molecular weight excluding hydrogens is 376 g/mol. The number of methoxy groups -OCH3 is 1. The van der Waals surface area contributed by atoms with Crippen LogP contribution >= 0.6 is 0 Å². The molecule has 28 heavy (non-hydrogen) atoms. The van der Waals surface area contributed by atoms with Crippen molar-refractivity contribution in [1.82, 2.24) is 0 Å². The van der Waals surface area contributed by atoms with Crippen LogP contribution in [-0.2, 0) is 21.2 Å². The van der Waals surface area contributed by atoms with Gasteiger partial charge in [-0.25, -0.2) is 8.42 Å². The van der Waals surface area contributed by atoms with Crippen LogP contribution in [0.4, 0.5) is 11.4 Å². The van der Waals surface area contributed by atoms with Crippen LogP contribution < -0.4 is 14.4 Å². The zero-order valence-electron chi connectivity index (χ0n) is 16.9. The van der Waals surface area contributed by atoms with Crippen LogP contribution in [0.3, 0.4) is 0 Å². The number of anilines is 2. The summed E-state index contributed by atoms with van der Waals surface area (Å²) in [5.41, 5.74) is 2.48. The number of carbonyl (C=O) groups excluding carboxylic acids is 1. The fourth-order valence-electron chi connectivity index (χ4n) is 3.29. The number of rotatable bonds is 4. The molecule has 2 aromatic carbocycles. The second kappa shape index (κ2) is 7.13. The predicted octanol–water partition coefficient (Wildman–Crippen LogP) is 3.74. The maximum atomic E-state index is 12.8. The number of sulfonamides is 1. The molecule has 1 heterocycles. The quantitative estimate of drug-likeness (QED) is 0.845. The number of amides is 1. The summed E-state index contributed by atoms with van der Waals surface area (Å²) in [6.45, 7) is 8.05. The molecular formula is C21H26N2O4S. The number of nitrogens with zero attached hydrogens (tertiary/aromatic N) is 1. The predicted molar refractivity (Wildman–Crippen MR) is 110 cm³/mol. The van der Waals surface area contributed by atoms with Crippen molar-refractivity contribution in [3.8, 4) is 5.75 Å². The van der Waals surface area contributed by atoms with E-state index in [1.54, 1.807) is 43.2 Å². The van der Waals surface area contributed by atoms with Crippen molar-refractivity contribution in [1.29, 1.82) is 0 Å². The van der Waals surface area contributed by atoms with Crippen LogP contribution in [0.15, 0.2) is 41.3 Å². The minimum absolute atomic E-state index is 0.0250. The van der Waals surface area contributed by atoms with Crippen LogP contribution in [0, 0.1) is 12.3 Å². The third-order valence-electron chi connectivity index (χ3n) is 4.80. The Bertz CT molecular complexity index is 1020. The fraction of sp³-hybridized carbons (Fsp3) is 0.381. The lowest BCUT2D eigenvalue weighted by atomic mass is 9.94. The standard InChI is InChI=1S/C21H26N2O4S/c1-14-12-17(8-9-19(14)27-5)28(25,26)22-16-7-6-15-10-11-23(18(15)13-16)20(24)21(2,3)4/h6-9,12-13,22H,10-11H2,1-5H3. The third kappa shape index (κ3) is 3.85. The molecule has 6 nitrogen and oxygen atoms in total. The Kier molecular flexibility index (Phi) is 5.14. The lowest BCUT2D eigenvalue weighted by Gasteiger charge is -2.26. The van der Waals surface area contributed by atoms with E-state index in [1.165, 1.54) is 6.07 Å². The second-order valence-corrected chi connectivity index (χ2v) is 9.72. The van der Waals surface area contributed by atoms with E-state index in [9.17, 15) is 13.2 Å². The van der Waals surface area contributed by atoms with Gasteiger partial charge in [-0.15, -0.1) is 0 Å². The second-order valence-electron chi connectivity index (χ2n) is 8.04. The molecule has 0 saturated carbocycles. The van der Waals surface area contributed by atoms with E-state index in [0.29, 0.717) is 18.0 Å². The zero-order valence-corrected chi connectivity index (χ0v) is 17.7. The number of nitrogens with one attached hydrogen (secondary N) is 1. The Morgan fingerprint density at radius 3 is 2.46 bits per heavy atom. The topological polar surface area (TPSA) is 75.7 Å². The summed E-state index contributed by atoms with van der Waals surface area (Å²) < 4.78 is 33.4. The summed E-state index contributed by atoms with van der Waals surface area (Å²) in [6, 6.07) is 10.1. The summed E-state index contributed by atoms with van der Waals surface area (Å²) in [4.78, 5) is 14.6. The molecule has 0 unspecified atom stereocenters. The van der Waals surface area contributed by atoms with E-state index in [-0.39, 0.29) is 10.8 Å². The molecule has 7 heteroatoms. The average Bonchev–Trinajstić information content (AvgIpc) is 3.02. The maximum absolute atomic E-state index is 12.8. The van der Waals surface area contributed by atoms with E-state index in [0.717, 1.165) is 23.2 Å². The molecule has 0 aliphatic carbocycles. The van der Waals surface area contributed by atoms with Crippen LogP contribution in [0.2, 0.25) is 0 Å². The first-order valence-corrected chi connectivity index (χ1v) is 10.6. The highest BCUT2D eigenvalue weighted by molar-refractivity contribution is 7.92. The smallest absolute Gasteiger partial charge is 0.261 e. The minimum atomic E-state index is -3.75. The number of benzene rings is 2. The highest BCUT2D eigenvalue weighted by atomic mass is 32.2. The van der Waals surface area contributed by atoms with Gasteiger partial charge in [0.25, 0.3) is 10.0 Å². The van der Waals surface area contributed by atoms with Crippen molar-refractivity contribution >= 4 is 27.3 Å². The van der Waals surface area contributed by atoms with Gasteiger partial charge in [0.05, 0.1) is 17.7 Å². The van der Waals surface area contributed by atoms with Gasteiger partial charge in [-0.2, -0.15) is 0 Å². The molecule has 3 rings (SSSR count). The Balaban J connectivity index is 1.90. The van der Waals surface area contributed by atoms with E-state index in [1.807, 2.05) is 26.8 Å². The van der Waals surface area contributed by atoms with Crippen LogP contribution in [0.25, 0.3) is 0 Å². The van der Waals surface area contributed by atoms with Gasteiger partial charge in [-0.1, -0.05) is 26.8 Å². The van der Waals surface area contributed by atoms with E-state index < -0.39 is 15.4 Å². The van der Waals surface area contributed by atoms with Gasteiger partial charge in [0, 0.05) is 17.6 Å². The van der Waals surface area contributed by atoms with Crippen molar-refractivity contribution in [2.45, 2.75) is 39.0 Å². The molecule has 1 N–H and O–H groups in total. The summed E-state index contributed by atoms with van der Waals surface area (Å²) in [7, 11) is -2.21. The number of ether oxygens (including phenoxy) is 1. The van der Waals surface area contributed by atoms with Gasteiger partial charge >= 0.3 is 0 Å². The van der Waals surface area contributed by atoms with Crippen molar-refractivity contribution in [3.63, 3.8) is 0 Å². The molecule has 0 aromatic heterocycles. The van der Waals surface area contributed by atoms with Crippen molar-refractivity contribution in [2.75, 3.05) is 23.3 Å². The number of hydrogen-bond donors (Lipinski definition) is 1. The monoisotopic (exact) mass is 402 g/mol. The van der Waals surface area contributed by atoms with Crippen molar-refractivity contribution < 1.29 is 17.9 Å². The highest BCUT2D eigenvalue weighted by Crippen LogP contribution is 2.34. The normalized spacial score (nSPS) is 14.0.